The number of thiocarbonyl (C=S) groups is 1. The van der Waals surface area contributed by atoms with E-state index in [9.17, 15) is 0 Å². The van der Waals surface area contributed by atoms with Gasteiger partial charge in [-0.25, -0.2) is 9.97 Å². The van der Waals surface area contributed by atoms with Crippen molar-refractivity contribution in [3.8, 4) is 17.2 Å². The summed E-state index contributed by atoms with van der Waals surface area (Å²) in [5, 5.41) is 9.73. The average molecular weight is 504 g/mol. The standard InChI is InChI=1S/C23H33N7O4S/c1-15-12-16(2)26-22(25-15)28-21(24-6-7-30-8-10-34-11-9-30)29-23(35)27-17-13-18(31-3)20(33-5)19(14-17)32-4/h12-14H,6-11H2,1-5H3,(H3,24,25,26,27,28,29,35). The van der Waals surface area contributed by atoms with Crippen molar-refractivity contribution in [1.82, 2.24) is 20.2 Å². The molecule has 2 heterocycles. The van der Waals surface area contributed by atoms with Crippen molar-refractivity contribution < 1.29 is 18.9 Å². The van der Waals surface area contributed by atoms with E-state index in [1.54, 1.807) is 33.5 Å². The van der Waals surface area contributed by atoms with Gasteiger partial charge in [0.1, 0.15) is 0 Å². The molecular weight excluding hydrogens is 470 g/mol. The molecule has 1 saturated heterocycles. The first kappa shape index (κ1) is 26.4. The first-order valence-corrected chi connectivity index (χ1v) is 11.6. The zero-order valence-corrected chi connectivity index (χ0v) is 21.6. The van der Waals surface area contributed by atoms with Crippen LogP contribution in [0.3, 0.4) is 0 Å². The van der Waals surface area contributed by atoms with Crippen LogP contribution in [0.5, 0.6) is 17.2 Å². The maximum atomic E-state index is 5.55. The van der Waals surface area contributed by atoms with Crippen molar-refractivity contribution in [3.05, 3.63) is 29.6 Å². The second-order valence-corrected chi connectivity index (χ2v) is 8.19. The Morgan fingerprint density at radius 1 is 1.00 bits per heavy atom. The molecule has 3 N–H and O–H groups in total. The maximum absolute atomic E-state index is 5.55. The molecule has 1 aromatic carbocycles. The molecule has 0 saturated carbocycles. The van der Waals surface area contributed by atoms with Gasteiger partial charge in [-0.1, -0.05) is 0 Å². The number of aryl methyl sites for hydroxylation is 2. The number of aromatic nitrogens is 2. The van der Waals surface area contributed by atoms with Gasteiger partial charge in [0.25, 0.3) is 0 Å². The summed E-state index contributed by atoms with van der Waals surface area (Å²) in [7, 11) is 4.68. The van der Waals surface area contributed by atoms with E-state index < -0.39 is 0 Å². The van der Waals surface area contributed by atoms with Crippen LogP contribution in [0, 0.1) is 13.8 Å². The highest BCUT2D eigenvalue weighted by Crippen LogP contribution is 2.39. The minimum Gasteiger partial charge on any atom is -0.493 e. The highest BCUT2D eigenvalue weighted by atomic mass is 32.1. The summed E-state index contributed by atoms with van der Waals surface area (Å²) in [5.41, 5.74) is 2.36. The Labute approximate surface area is 211 Å². The lowest BCUT2D eigenvalue weighted by molar-refractivity contribution is 0.0394. The van der Waals surface area contributed by atoms with Crippen LogP contribution >= 0.6 is 12.2 Å². The van der Waals surface area contributed by atoms with E-state index in [1.165, 1.54) is 0 Å². The van der Waals surface area contributed by atoms with E-state index in [1.807, 2.05) is 19.9 Å². The number of nitrogens with zero attached hydrogens (tertiary/aromatic N) is 4. The molecular formula is C23H33N7O4S. The third-order valence-corrected chi connectivity index (χ3v) is 5.36. The summed E-state index contributed by atoms with van der Waals surface area (Å²) < 4.78 is 21.6. The predicted octanol–water partition coefficient (Wildman–Crippen LogP) is 2.21. The number of nitrogens with one attached hydrogen (secondary N) is 3. The lowest BCUT2D eigenvalue weighted by atomic mass is 10.2. The van der Waals surface area contributed by atoms with Gasteiger partial charge in [0, 0.05) is 48.8 Å². The molecule has 3 rings (SSSR count). The van der Waals surface area contributed by atoms with Crippen LogP contribution in [-0.2, 0) is 4.74 Å². The van der Waals surface area contributed by atoms with E-state index >= 15 is 0 Å². The van der Waals surface area contributed by atoms with Crippen molar-refractivity contribution >= 4 is 34.9 Å². The Bertz CT molecular complexity index is 999. The maximum Gasteiger partial charge on any atom is 0.229 e. The molecule has 0 bridgehead atoms. The highest BCUT2D eigenvalue weighted by molar-refractivity contribution is 7.80. The number of benzene rings is 1. The van der Waals surface area contributed by atoms with E-state index in [0.717, 1.165) is 44.2 Å². The minimum atomic E-state index is 0.321. The molecule has 0 spiro atoms. The first-order chi connectivity index (χ1) is 16.9. The van der Waals surface area contributed by atoms with E-state index in [0.29, 0.717) is 46.5 Å². The highest BCUT2D eigenvalue weighted by Gasteiger charge is 2.15. The van der Waals surface area contributed by atoms with Gasteiger partial charge in [-0.15, -0.1) is 0 Å². The largest absolute Gasteiger partial charge is 0.493 e. The predicted molar refractivity (Wildman–Crippen MR) is 140 cm³/mol. The first-order valence-electron chi connectivity index (χ1n) is 11.2. The van der Waals surface area contributed by atoms with Crippen molar-refractivity contribution in [1.29, 1.82) is 0 Å². The second-order valence-electron chi connectivity index (χ2n) is 7.78. The van der Waals surface area contributed by atoms with Crippen molar-refractivity contribution in [2.45, 2.75) is 13.8 Å². The molecule has 2 aromatic rings. The van der Waals surface area contributed by atoms with Gasteiger partial charge in [-0.2, -0.15) is 0 Å². The number of aliphatic imine (C=N–C) groups is 1. The van der Waals surface area contributed by atoms with E-state index in [2.05, 4.69) is 35.8 Å². The molecule has 0 radical (unpaired) electrons. The zero-order valence-electron chi connectivity index (χ0n) is 20.8. The topological polar surface area (TPSA) is 114 Å². The fourth-order valence-electron chi connectivity index (χ4n) is 3.55. The number of guanidine groups is 1. The fraction of sp³-hybridized carbons (Fsp3) is 0.478. The van der Waals surface area contributed by atoms with Crippen LogP contribution in [0.15, 0.2) is 23.2 Å². The molecule has 1 fully saturated rings. The van der Waals surface area contributed by atoms with Gasteiger partial charge in [-0.3, -0.25) is 15.2 Å². The number of anilines is 2. The molecule has 0 amide bonds. The Hall–Kier alpha value is -3.22. The molecule has 12 heteroatoms. The molecule has 190 valence electrons. The van der Waals surface area contributed by atoms with Gasteiger partial charge in [0.05, 0.1) is 41.1 Å². The molecule has 1 aliphatic rings. The summed E-state index contributed by atoms with van der Waals surface area (Å²) >= 11 is 5.55. The number of hydrogen-bond acceptors (Lipinski definition) is 9. The molecule has 11 nitrogen and oxygen atoms in total. The lowest BCUT2D eigenvalue weighted by Crippen LogP contribution is -2.41. The number of methoxy groups -OCH3 is 3. The molecule has 1 aromatic heterocycles. The fourth-order valence-corrected chi connectivity index (χ4v) is 3.76. The normalized spacial score (nSPS) is 14.3. The monoisotopic (exact) mass is 503 g/mol. The van der Waals surface area contributed by atoms with Crippen LogP contribution in [-0.4, -0.2) is 86.7 Å². The molecule has 35 heavy (non-hydrogen) atoms. The third kappa shape index (κ3) is 7.91. The smallest absolute Gasteiger partial charge is 0.229 e. The Morgan fingerprint density at radius 2 is 1.63 bits per heavy atom. The van der Waals surface area contributed by atoms with Crippen LogP contribution in [0.2, 0.25) is 0 Å². The van der Waals surface area contributed by atoms with Crippen LogP contribution in [0.25, 0.3) is 0 Å². The van der Waals surface area contributed by atoms with Crippen LogP contribution < -0.4 is 30.2 Å². The van der Waals surface area contributed by atoms with Gasteiger partial charge in [0.15, 0.2) is 16.6 Å². The van der Waals surface area contributed by atoms with Crippen LogP contribution in [0.4, 0.5) is 11.6 Å². The van der Waals surface area contributed by atoms with Gasteiger partial charge in [-0.05, 0) is 32.1 Å². The van der Waals surface area contributed by atoms with Crippen molar-refractivity contribution in [2.24, 2.45) is 4.99 Å². The number of rotatable bonds is 8. The van der Waals surface area contributed by atoms with E-state index in [4.69, 9.17) is 31.2 Å². The SMILES string of the molecule is COc1cc(NC(=S)NC(=NCCN2CCOCC2)Nc2nc(C)cc(C)n2)cc(OC)c1OC. The Kier molecular flexibility index (Phi) is 9.82. The van der Waals surface area contributed by atoms with Crippen LogP contribution in [0.1, 0.15) is 11.4 Å². The second kappa shape index (κ2) is 13.0. The minimum absolute atomic E-state index is 0.321. The van der Waals surface area contributed by atoms with E-state index in [-0.39, 0.29) is 0 Å². The Morgan fingerprint density at radius 3 is 2.20 bits per heavy atom. The van der Waals surface area contributed by atoms with Gasteiger partial charge in [0.2, 0.25) is 17.7 Å². The molecule has 1 aliphatic heterocycles. The molecule has 0 unspecified atom stereocenters. The average Bonchev–Trinajstić information content (AvgIpc) is 2.83. The lowest BCUT2D eigenvalue weighted by Gasteiger charge is -2.25. The summed E-state index contributed by atoms with van der Waals surface area (Å²) in [6.45, 7) is 8.47. The Balaban J connectivity index is 1.74. The molecule has 0 aliphatic carbocycles. The zero-order chi connectivity index (χ0) is 25.2. The molecule has 0 atom stereocenters. The summed E-state index contributed by atoms with van der Waals surface area (Å²) in [4.78, 5) is 15.9. The summed E-state index contributed by atoms with van der Waals surface area (Å²) in [5.74, 6) is 2.40. The number of morpholine rings is 1. The van der Waals surface area contributed by atoms with Crippen molar-refractivity contribution in [2.75, 3.05) is 71.4 Å². The van der Waals surface area contributed by atoms with Gasteiger partial charge < -0.3 is 29.6 Å². The summed E-state index contributed by atoms with van der Waals surface area (Å²) in [6, 6.07) is 5.44. The van der Waals surface area contributed by atoms with Gasteiger partial charge >= 0.3 is 0 Å². The van der Waals surface area contributed by atoms with Crippen molar-refractivity contribution in [3.63, 3.8) is 0 Å². The number of ether oxygens (including phenoxy) is 4. The number of hydrogen-bond donors (Lipinski definition) is 3. The summed E-state index contributed by atoms with van der Waals surface area (Å²) in [6.07, 6.45) is 0. The quantitative estimate of drug-likeness (QED) is 0.280. The third-order valence-electron chi connectivity index (χ3n) is 5.16.